The lowest BCUT2D eigenvalue weighted by molar-refractivity contribution is -0.129. The monoisotopic (exact) mass is 351 g/mol. The highest BCUT2D eigenvalue weighted by Gasteiger charge is 2.41. The van der Waals surface area contributed by atoms with Crippen LogP contribution in [0.3, 0.4) is 0 Å². The molecule has 0 spiro atoms. The van der Waals surface area contributed by atoms with Crippen molar-refractivity contribution >= 4 is 30.7 Å². The van der Waals surface area contributed by atoms with Crippen molar-refractivity contribution < 1.29 is 4.79 Å². The number of nitrogens with two attached hydrogens (primary N) is 1. The van der Waals surface area contributed by atoms with Gasteiger partial charge in [-0.1, -0.05) is 19.3 Å². The zero-order chi connectivity index (χ0) is 14.2. The number of amides is 1. The SMILES string of the molecule is CC1(N)CCCCC1C(=O)NC1CCN2CCCCC12.Cl.Cl. The van der Waals surface area contributed by atoms with Crippen molar-refractivity contribution in [3.63, 3.8) is 0 Å². The minimum Gasteiger partial charge on any atom is -0.351 e. The number of piperidine rings is 1. The third-order valence-corrected chi connectivity index (χ3v) is 5.75. The minimum absolute atomic E-state index is 0. The maximum absolute atomic E-state index is 12.6. The molecule has 2 heterocycles. The van der Waals surface area contributed by atoms with Crippen LogP contribution in [0.2, 0.25) is 0 Å². The molecule has 6 heteroatoms. The smallest absolute Gasteiger partial charge is 0.225 e. The molecule has 1 aliphatic carbocycles. The quantitative estimate of drug-likeness (QED) is 0.803. The first kappa shape index (κ1) is 20.0. The molecule has 0 radical (unpaired) electrons. The topological polar surface area (TPSA) is 58.4 Å². The number of nitrogens with one attached hydrogen (secondary N) is 1. The summed E-state index contributed by atoms with van der Waals surface area (Å²) in [5.41, 5.74) is 6.05. The minimum atomic E-state index is -0.312. The summed E-state index contributed by atoms with van der Waals surface area (Å²) >= 11 is 0. The summed E-state index contributed by atoms with van der Waals surface area (Å²) in [5.74, 6) is 0.223. The average molecular weight is 352 g/mol. The average Bonchev–Trinajstić information content (AvgIpc) is 2.81. The highest BCUT2D eigenvalue weighted by atomic mass is 35.5. The van der Waals surface area contributed by atoms with E-state index in [0.717, 1.165) is 38.6 Å². The molecule has 1 saturated carbocycles. The largest absolute Gasteiger partial charge is 0.351 e. The van der Waals surface area contributed by atoms with Gasteiger partial charge in [-0.05, 0) is 45.6 Å². The first-order valence-corrected chi connectivity index (χ1v) is 8.41. The summed E-state index contributed by atoms with van der Waals surface area (Å²) in [6, 6.07) is 0.945. The fraction of sp³-hybridized carbons (Fsp3) is 0.938. The molecule has 4 unspecified atom stereocenters. The second kappa shape index (κ2) is 8.18. The molecule has 4 nitrogen and oxygen atoms in total. The van der Waals surface area contributed by atoms with Gasteiger partial charge in [-0.15, -0.1) is 24.8 Å². The van der Waals surface area contributed by atoms with Gasteiger partial charge in [0.25, 0.3) is 0 Å². The number of fused-ring (bicyclic) bond motifs is 1. The number of hydrogen-bond acceptors (Lipinski definition) is 3. The normalized spacial score (nSPS) is 38.4. The van der Waals surface area contributed by atoms with Crippen LogP contribution in [0.25, 0.3) is 0 Å². The van der Waals surface area contributed by atoms with Crippen LogP contribution in [0.15, 0.2) is 0 Å². The van der Waals surface area contributed by atoms with E-state index >= 15 is 0 Å². The van der Waals surface area contributed by atoms with E-state index in [1.165, 1.54) is 25.8 Å². The van der Waals surface area contributed by atoms with Gasteiger partial charge in [0.15, 0.2) is 0 Å². The number of nitrogens with zero attached hydrogens (tertiary/aromatic N) is 1. The van der Waals surface area contributed by atoms with Crippen molar-refractivity contribution in [2.24, 2.45) is 11.7 Å². The molecule has 3 fully saturated rings. The van der Waals surface area contributed by atoms with Crippen molar-refractivity contribution in [2.75, 3.05) is 13.1 Å². The van der Waals surface area contributed by atoms with Crippen LogP contribution in [-0.2, 0) is 4.79 Å². The van der Waals surface area contributed by atoms with Crippen LogP contribution in [0.1, 0.15) is 58.3 Å². The Balaban J connectivity index is 0.00000121. The summed E-state index contributed by atoms with van der Waals surface area (Å²) in [5, 5.41) is 3.34. The van der Waals surface area contributed by atoms with Gasteiger partial charge in [-0.3, -0.25) is 9.69 Å². The Morgan fingerprint density at radius 3 is 2.55 bits per heavy atom. The number of carbonyl (C=O) groups is 1. The molecule has 2 aliphatic heterocycles. The molecule has 0 aromatic carbocycles. The van der Waals surface area contributed by atoms with Crippen molar-refractivity contribution in [1.82, 2.24) is 10.2 Å². The van der Waals surface area contributed by atoms with E-state index in [0.29, 0.717) is 12.1 Å². The molecular formula is C16H31Cl2N3O. The Morgan fingerprint density at radius 1 is 1.09 bits per heavy atom. The zero-order valence-corrected chi connectivity index (χ0v) is 15.2. The van der Waals surface area contributed by atoms with Crippen molar-refractivity contribution in [3.05, 3.63) is 0 Å². The van der Waals surface area contributed by atoms with Gasteiger partial charge in [0, 0.05) is 24.2 Å². The second-order valence-electron chi connectivity index (χ2n) is 7.31. The van der Waals surface area contributed by atoms with Crippen molar-refractivity contribution in [3.8, 4) is 0 Å². The van der Waals surface area contributed by atoms with E-state index in [1.807, 2.05) is 0 Å². The van der Waals surface area contributed by atoms with Gasteiger partial charge >= 0.3 is 0 Å². The van der Waals surface area contributed by atoms with Gasteiger partial charge in [0.2, 0.25) is 5.91 Å². The van der Waals surface area contributed by atoms with Gasteiger partial charge in [0.05, 0.1) is 5.92 Å². The van der Waals surface area contributed by atoms with E-state index in [-0.39, 0.29) is 42.2 Å². The van der Waals surface area contributed by atoms with Gasteiger partial charge in [0.1, 0.15) is 0 Å². The molecule has 4 atom stereocenters. The first-order chi connectivity index (χ1) is 9.58. The number of halogens is 2. The van der Waals surface area contributed by atoms with Gasteiger partial charge < -0.3 is 11.1 Å². The number of hydrogen-bond donors (Lipinski definition) is 2. The molecule has 0 bridgehead atoms. The van der Waals surface area contributed by atoms with E-state index in [1.54, 1.807) is 0 Å². The number of carbonyl (C=O) groups excluding carboxylic acids is 1. The molecular weight excluding hydrogens is 321 g/mol. The molecule has 0 aromatic heterocycles. The van der Waals surface area contributed by atoms with Crippen LogP contribution >= 0.6 is 24.8 Å². The Hall–Kier alpha value is -0.0300. The molecule has 2 saturated heterocycles. The van der Waals surface area contributed by atoms with E-state index in [9.17, 15) is 4.79 Å². The van der Waals surface area contributed by atoms with Crippen molar-refractivity contribution in [2.45, 2.75) is 75.9 Å². The summed E-state index contributed by atoms with van der Waals surface area (Å²) in [4.78, 5) is 15.2. The maximum atomic E-state index is 12.6. The van der Waals surface area contributed by atoms with Crippen molar-refractivity contribution in [1.29, 1.82) is 0 Å². The van der Waals surface area contributed by atoms with E-state index in [4.69, 9.17) is 5.73 Å². The van der Waals surface area contributed by atoms with Crippen LogP contribution in [0.5, 0.6) is 0 Å². The van der Waals surface area contributed by atoms with Crippen LogP contribution in [0.4, 0.5) is 0 Å². The highest BCUT2D eigenvalue weighted by Crippen LogP contribution is 2.33. The molecule has 1 amide bonds. The molecule has 3 N–H and O–H groups in total. The highest BCUT2D eigenvalue weighted by molar-refractivity contribution is 5.85. The van der Waals surface area contributed by atoms with Gasteiger partial charge in [-0.2, -0.15) is 0 Å². The Morgan fingerprint density at radius 2 is 1.82 bits per heavy atom. The molecule has 22 heavy (non-hydrogen) atoms. The molecule has 0 aromatic rings. The fourth-order valence-electron chi connectivity index (χ4n) is 4.49. The predicted molar refractivity (Wildman–Crippen MR) is 94.8 cm³/mol. The maximum Gasteiger partial charge on any atom is 0.225 e. The van der Waals surface area contributed by atoms with E-state index in [2.05, 4.69) is 17.1 Å². The van der Waals surface area contributed by atoms with E-state index < -0.39 is 0 Å². The lowest BCUT2D eigenvalue weighted by Gasteiger charge is -2.39. The summed E-state index contributed by atoms with van der Waals surface area (Å²) in [7, 11) is 0. The van der Waals surface area contributed by atoms with Crippen LogP contribution < -0.4 is 11.1 Å². The lowest BCUT2D eigenvalue weighted by Crippen LogP contribution is -2.56. The Kier molecular flexibility index (Phi) is 7.44. The Labute approximate surface area is 146 Å². The van der Waals surface area contributed by atoms with Crippen LogP contribution in [0, 0.1) is 5.92 Å². The third-order valence-electron chi connectivity index (χ3n) is 5.75. The second-order valence-corrected chi connectivity index (χ2v) is 7.31. The standard InChI is InChI=1S/C16H29N3O.2ClH/c1-16(17)9-4-2-6-12(16)15(20)18-13-8-11-19-10-5-3-7-14(13)19;;/h12-14H,2-11,17H2,1H3,(H,18,20);2*1H. The zero-order valence-electron chi connectivity index (χ0n) is 13.6. The molecule has 3 rings (SSSR count). The lowest BCUT2D eigenvalue weighted by atomic mass is 9.74. The molecule has 3 aliphatic rings. The summed E-state index contributed by atoms with van der Waals surface area (Å²) in [6.07, 6.45) is 9.24. The van der Waals surface area contributed by atoms with Gasteiger partial charge in [-0.25, -0.2) is 0 Å². The summed E-state index contributed by atoms with van der Waals surface area (Å²) in [6.45, 7) is 4.42. The molecule has 130 valence electrons. The van der Waals surface area contributed by atoms with Crippen LogP contribution in [-0.4, -0.2) is 41.5 Å². The Bertz CT molecular complexity index is 378. The summed E-state index contributed by atoms with van der Waals surface area (Å²) < 4.78 is 0. The third kappa shape index (κ3) is 4.08. The first-order valence-electron chi connectivity index (χ1n) is 8.41. The number of rotatable bonds is 2. The predicted octanol–water partition coefficient (Wildman–Crippen LogP) is 2.48. The fourth-order valence-corrected chi connectivity index (χ4v) is 4.49.